The van der Waals surface area contributed by atoms with Crippen LogP contribution >= 0.6 is 0 Å². The summed E-state index contributed by atoms with van der Waals surface area (Å²) in [5.74, 6) is 1.71. The molecule has 1 aliphatic rings. The first kappa shape index (κ1) is 31.0. The smallest absolute Gasteiger partial charge is 0.140 e. The van der Waals surface area contributed by atoms with Gasteiger partial charge in [0.25, 0.3) is 0 Å². The van der Waals surface area contributed by atoms with E-state index in [2.05, 4.69) is 152 Å². The highest BCUT2D eigenvalue weighted by Gasteiger charge is 2.45. The monoisotopic (exact) mass is 664 g/mol. The molecule has 0 aliphatic carbocycles. The topological polar surface area (TPSA) is 45.9 Å². The second-order valence-corrected chi connectivity index (χ2v) is 13.0. The molecule has 0 spiro atoms. The van der Waals surface area contributed by atoms with Gasteiger partial charge in [0, 0.05) is 27.8 Å². The van der Waals surface area contributed by atoms with Crippen LogP contribution in [0.2, 0.25) is 0 Å². The average molecular weight is 665 g/mol. The molecule has 0 saturated carbocycles. The van der Waals surface area contributed by atoms with E-state index in [1.807, 2.05) is 48.5 Å². The summed E-state index contributed by atoms with van der Waals surface area (Å²) < 4.78 is 6.89. The summed E-state index contributed by atoms with van der Waals surface area (Å²) in [6, 6.07) is 69.5. The molecule has 0 unspecified atom stereocenters. The maximum absolute atomic E-state index is 9.36. The zero-order chi connectivity index (χ0) is 34.9. The Morgan fingerprint density at radius 2 is 0.962 bits per heavy atom. The van der Waals surface area contributed by atoms with Crippen molar-refractivity contribution in [3.8, 4) is 62.3 Å². The van der Waals surface area contributed by atoms with Crippen molar-refractivity contribution >= 4 is 0 Å². The number of aromatic nitrogens is 1. The Kier molecular flexibility index (Phi) is 7.76. The molecule has 0 N–H and O–H groups in total. The van der Waals surface area contributed by atoms with Gasteiger partial charge in [0.2, 0.25) is 0 Å². The van der Waals surface area contributed by atoms with Crippen LogP contribution in [-0.2, 0) is 5.41 Å². The van der Waals surface area contributed by atoms with Crippen LogP contribution in [0.3, 0.4) is 0 Å². The summed E-state index contributed by atoms with van der Waals surface area (Å²) in [4.78, 5) is 5.14. The van der Waals surface area contributed by atoms with E-state index < -0.39 is 5.41 Å². The molecular formula is C49H32N2O. The Bertz CT molecular complexity index is 2530. The molecule has 1 aliphatic heterocycles. The van der Waals surface area contributed by atoms with Crippen molar-refractivity contribution < 1.29 is 4.74 Å². The number of rotatable bonds is 6. The summed E-state index contributed by atoms with van der Waals surface area (Å²) >= 11 is 0. The first-order chi connectivity index (χ1) is 25.7. The van der Waals surface area contributed by atoms with Gasteiger partial charge in [-0.05, 0) is 58.1 Å². The largest absolute Gasteiger partial charge is 0.456 e. The van der Waals surface area contributed by atoms with Gasteiger partial charge in [-0.3, -0.25) is 0 Å². The molecule has 52 heavy (non-hydrogen) atoms. The van der Waals surface area contributed by atoms with Gasteiger partial charge < -0.3 is 4.74 Å². The molecule has 0 atom stereocenters. The first-order valence-corrected chi connectivity index (χ1v) is 17.4. The molecule has 9 rings (SSSR count). The van der Waals surface area contributed by atoms with Crippen molar-refractivity contribution in [3.05, 3.63) is 222 Å². The lowest BCUT2D eigenvalue weighted by molar-refractivity contribution is 0.436. The van der Waals surface area contributed by atoms with Crippen LogP contribution in [0.4, 0.5) is 0 Å². The summed E-state index contributed by atoms with van der Waals surface area (Å²) in [6.45, 7) is 0. The van der Waals surface area contributed by atoms with E-state index >= 15 is 0 Å². The van der Waals surface area contributed by atoms with Crippen LogP contribution in [0.15, 0.2) is 194 Å². The third-order valence-corrected chi connectivity index (χ3v) is 10.1. The minimum atomic E-state index is -0.577. The van der Waals surface area contributed by atoms with Crippen molar-refractivity contribution in [2.75, 3.05) is 0 Å². The summed E-state index contributed by atoms with van der Waals surface area (Å²) in [5.41, 5.74) is 12.6. The molecule has 3 heteroatoms. The number of fused-ring (bicyclic) bond motifs is 2. The fourth-order valence-electron chi connectivity index (χ4n) is 7.61. The standard InChI is InChI=1S/C49H32N2O/c50-33-34-23-25-35(26-24-34)39-31-45(37-13-4-1-5-14-37)51-46(32-39)38-29-27-36(28-30-38)42-19-12-21-44-48(42)52-47-22-11-10-20-43(47)49(44,40-15-6-2-7-16-40)41-17-8-3-9-18-41/h1-32H. The van der Waals surface area contributed by atoms with Crippen LogP contribution in [0.1, 0.15) is 27.8 Å². The van der Waals surface area contributed by atoms with E-state index in [4.69, 9.17) is 9.72 Å². The number of para-hydroxylation sites is 2. The maximum atomic E-state index is 9.36. The number of nitriles is 1. The normalized spacial score (nSPS) is 12.5. The van der Waals surface area contributed by atoms with Crippen LogP contribution in [-0.4, -0.2) is 4.98 Å². The van der Waals surface area contributed by atoms with Gasteiger partial charge in [-0.25, -0.2) is 4.98 Å². The molecule has 0 saturated heterocycles. The number of hydrogen-bond donors (Lipinski definition) is 0. The number of nitrogens with zero attached hydrogens (tertiary/aromatic N) is 2. The number of pyridine rings is 1. The average Bonchev–Trinajstić information content (AvgIpc) is 3.23. The second-order valence-electron chi connectivity index (χ2n) is 13.0. The Morgan fingerprint density at radius 1 is 0.442 bits per heavy atom. The molecule has 3 nitrogen and oxygen atoms in total. The van der Waals surface area contributed by atoms with Crippen LogP contribution in [0.25, 0.3) is 44.8 Å². The van der Waals surface area contributed by atoms with E-state index in [0.29, 0.717) is 5.56 Å². The van der Waals surface area contributed by atoms with Crippen molar-refractivity contribution in [2.24, 2.45) is 0 Å². The fourth-order valence-corrected chi connectivity index (χ4v) is 7.61. The van der Waals surface area contributed by atoms with Crippen LogP contribution in [0.5, 0.6) is 11.5 Å². The third-order valence-electron chi connectivity index (χ3n) is 10.1. The van der Waals surface area contributed by atoms with E-state index in [0.717, 1.165) is 67.4 Å². The summed E-state index contributed by atoms with van der Waals surface area (Å²) in [5, 5.41) is 9.36. The molecular weight excluding hydrogens is 633 g/mol. The van der Waals surface area contributed by atoms with Crippen molar-refractivity contribution in [3.63, 3.8) is 0 Å². The fraction of sp³-hybridized carbons (Fsp3) is 0.0204. The summed E-state index contributed by atoms with van der Waals surface area (Å²) in [7, 11) is 0. The molecule has 8 aromatic rings. The van der Waals surface area contributed by atoms with Gasteiger partial charge in [-0.1, -0.05) is 164 Å². The molecule has 244 valence electrons. The van der Waals surface area contributed by atoms with Gasteiger partial charge in [0.1, 0.15) is 11.5 Å². The zero-order valence-corrected chi connectivity index (χ0v) is 28.3. The lowest BCUT2D eigenvalue weighted by atomic mass is 9.63. The van der Waals surface area contributed by atoms with E-state index in [9.17, 15) is 5.26 Å². The SMILES string of the molecule is N#Cc1ccc(-c2cc(-c3ccccc3)nc(-c3ccc(-c4cccc5c4Oc4ccccc4C5(c4ccccc4)c4ccccc4)cc3)c2)cc1. The maximum Gasteiger partial charge on any atom is 0.140 e. The minimum Gasteiger partial charge on any atom is -0.456 e. The van der Waals surface area contributed by atoms with Crippen LogP contribution in [0, 0.1) is 11.3 Å². The van der Waals surface area contributed by atoms with Gasteiger partial charge in [-0.15, -0.1) is 0 Å². The van der Waals surface area contributed by atoms with Crippen molar-refractivity contribution in [1.82, 2.24) is 4.98 Å². The molecule has 0 fully saturated rings. The van der Waals surface area contributed by atoms with E-state index in [-0.39, 0.29) is 0 Å². The first-order valence-electron chi connectivity index (χ1n) is 17.4. The highest BCUT2D eigenvalue weighted by Crippen LogP contribution is 2.57. The van der Waals surface area contributed by atoms with E-state index in [1.165, 1.54) is 11.1 Å². The lowest BCUT2D eigenvalue weighted by Crippen LogP contribution is -2.34. The van der Waals surface area contributed by atoms with Gasteiger partial charge in [0.15, 0.2) is 0 Å². The molecule has 2 heterocycles. The Morgan fingerprint density at radius 3 is 1.60 bits per heavy atom. The highest BCUT2D eigenvalue weighted by atomic mass is 16.5. The van der Waals surface area contributed by atoms with Crippen molar-refractivity contribution in [2.45, 2.75) is 5.41 Å². The van der Waals surface area contributed by atoms with Gasteiger partial charge in [-0.2, -0.15) is 5.26 Å². The second kappa shape index (κ2) is 13.0. The lowest BCUT2D eigenvalue weighted by Gasteiger charge is -2.42. The Balaban J connectivity index is 1.18. The molecule has 7 aromatic carbocycles. The van der Waals surface area contributed by atoms with Gasteiger partial charge >= 0.3 is 0 Å². The third kappa shape index (κ3) is 5.26. The molecule has 1 aromatic heterocycles. The molecule has 0 radical (unpaired) electrons. The van der Waals surface area contributed by atoms with Gasteiger partial charge in [0.05, 0.1) is 28.4 Å². The van der Waals surface area contributed by atoms with Crippen LogP contribution < -0.4 is 4.74 Å². The Labute approximate surface area is 303 Å². The number of ether oxygens (including phenoxy) is 1. The number of hydrogen-bond acceptors (Lipinski definition) is 3. The zero-order valence-electron chi connectivity index (χ0n) is 28.3. The molecule has 0 bridgehead atoms. The predicted molar refractivity (Wildman–Crippen MR) is 209 cm³/mol. The quantitative estimate of drug-likeness (QED) is 0.178. The van der Waals surface area contributed by atoms with Crippen molar-refractivity contribution in [1.29, 1.82) is 5.26 Å². The summed E-state index contributed by atoms with van der Waals surface area (Å²) in [6.07, 6.45) is 0. The van der Waals surface area contributed by atoms with E-state index in [1.54, 1.807) is 0 Å². The molecule has 0 amide bonds. The predicted octanol–water partition coefficient (Wildman–Crippen LogP) is 12.1. The number of benzene rings is 7. The highest BCUT2D eigenvalue weighted by molar-refractivity contribution is 5.82. The minimum absolute atomic E-state index is 0.577. The Hall–Kier alpha value is -7.02.